The van der Waals surface area contributed by atoms with E-state index in [1.807, 2.05) is 31.2 Å². The van der Waals surface area contributed by atoms with Crippen LogP contribution in [0.2, 0.25) is 0 Å². The van der Waals surface area contributed by atoms with E-state index in [2.05, 4.69) is 5.32 Å². The maximum atomic E-state index is 12.1. The predicted octanol–water partition coefficient (Wildman–Crippen LogP) is 2.44. The van der Waals surface area contributed by atoms with Gasteiger partial charge in [0.1, 0.15) is 5.75 Å². The molecule has 1 aromatic carbocycles. The van der Waals surface area contributed by atoms with Crippen LogP contribution in [0.15, 0.2) is 24.3 Å². The Morgan fingerprint density at radius 1 is 1.24 bits per heavy atom. The lowest BCUT2D eigenvalue weighted by atomic mass is 10.1. The topological polar surface area (TPSA) is 58.6 Å². The summed E-state index contributed by atoms with van der Waals surface area (Å²) in [6, 6.07) is 7.49. The first-order valence-electron chi connectivity index (χ1n) is 7.88. The minimum atomic E-state index is -0.406. The number of nitrogens with one attached hydrogen (secondary N) is 1. The van der Waals surface area contributed by atoms with Crippen molar-refractivity contribution in [2.75, 3.05) is 6.61 Å². The van der Waals surface area contributed by atoms with Crippen LogP contribution in [0.4, 0.5) is 0 Å². The van der Waals surface area contributed by atoms with Crippen LogP contribution in [0, 0.1) is 0 Å². The number of hydrogen-bond donors (Lipinski definition) is 2. The molecular formula is C17H25NO3. The van der Waals surface area contributed by atoms with Crippen LogP contribution >= 0.6 is 0 Å². The highest BCUT2D eigenvalue weighted by Gasteiger charge is 2.22. The highest BCUT2D eigenvalue weighted by Crippen LogP contribution is 2.18. The van der Waals surface area contributed by atoms with Gasteiger partial charge in [0, 0.05) is 0 Å². The van der Waals surface area contributed by atoms with Gasteiger partial charge < -0.3 is 15.2 Å². The molecule has 0 aromatic heterocycles. The van der Waals surface area contributed by atoms with Gasteiger partial charge in [0.15, 0.2) is 0 Å². The summed E-state index contributed by atoms with van der Waals surface area (Å²) >= 11 is 0. The zero-order valence-corrected chi connectivity index (χ0v) is 12.7. The Kier molecular flexibility index (Phi) is 6.05. The summed E-state index contributed by atoms with van der Waals surface area (Å²) in [7, 11) is 0. The summed E-state index contributed by atoms with van der Waals surface area (Å²) in [5, 5.41) is 13.0. The molecular weight excluding hydrogens is 266 g/mol. The highest BCUT2D eigenvalue weighted by atomic mass is 16.5. The van der Waals surface area contributed by atoms with E-state index in [0.29, 0.717) is 13.0 Å². The number of amides is 1. The standard InChI is InChI=1S/C17H25NO3/c1-2-21-14-10-8-13(9-11-14)12-17(20)18-15-6-4-3-5-7-16(15)19/h8-11,15-16,19H,2-7,12H2,1H3,(H,18,20). The predicted molar refractivity (Wildman–Crippen MR) is 82.3 cm³/mol. The highest BCUT2D eigenvalue weighted by molar-refractivity contribution is 5.79. The first kappa shape index (κ1) is 15.8. The van der Waals surface area contributed by atoms with E-state index in [-0.39, 0.29) is 11.9 Å². The number of ether oxygens (including phenoxy) is 1. The minimum absolute atomic E-state index is 0.0230. The van der Waals surface area contributed by atoms with Crippen LogP contribution < -0.4 is 10.1 Å². The molecule has 0 aliphatic heterocycles. The molecule has 0 heterocycles. The molecule has 4 heteroatoms. The molecule has 0 radical (unpaired) electrons. The van der Waals surface area contributed by atoms with Gasteiger partial charge in [0.05, 0.1) is 25.2 Å². The second kappa shape index (κ2) is 8.03. The second-order valence-electron chi connectivity index (χ2n) is 5.63. The monoisotopic (exact) mass is 291 g/mol. The maximum Gasteiger partial charge on any atom is 0.224 e. The van der Waals surface area contributed by atoms with Gasteiger partial charge >= 0.3 is 0 Å². The molecule has 2 N–H and O–H groups in total. The minimum Gasteiger partial charge on any atom is -0.494 e. The van der Waals surface area contributed by atoms with Crippen molar-refractivity contribution < 1.29 is 14.6 Å². The third kappa shape index (κ3) is 5.05. The number of aliphatic hydroxyl groups is 1. The van der Waals surface area contributed by atoms with Crippen LogP contribution in [-0.4, -0.2) is 29.8 Å². The average Bonchev–Trinajstić information content (AvgIpc) is 2.67. The zero-order valence-electron chi connectivity index (χ0n) is 12.7. The van der Waals surface area contributed by atoms with Crippen LogP contribution in [0.5, 0.6) is 5.75 Å². The van der Waals surface area contributed by atoms with Crippen molar-refractivity contribution >= 4 is 5.91 Å². The summed E-state index contributed by atoms with van der Waals surface area (Å²) in [5.74, 6) is 0.797. The smallest absolute Gasteiger partial charge is 0.224 e. The van der Waals surface area contributed by atoms with Gasteiger partial charge in [-0.3, -0.25) is 4.79 Å². The molecule has 1 saturated carbocycles. The molecule has 21 heavy (non-hydrogen) atoms. The molecule has 1 fully saturated rings. The molecule has 0 saturated heterocycles. The van der Waals surface area contributed by atoms with Crippen LogP contribution in [0.3, 0.4) is 0 Å². The molecule has 4 nitrogen and oxygen atoms in total. The molecule has 2 atom stereocenters. The Morgan fingerprint density at radius 3 is 2.67 bits per heavy atom. The zero-order chi connectivity index (χ0) is 15.1. The van der Waals surface area contributed by atoms with E-state index in [1.165, 1.54) is 0 Å². The van der Waals surface area contributed by atoms with Gasteiger partial charge in [-0.25, -0.2) is 0 Å². The van der Waals surface area contributed by atoms with Crippen molar-refractivity contribution in [1.29, 1.82) is 0 Å². The Morgan fingerprint density at radius 2 is 1.95 bits per heavy atom. The van der Waals surface area contributed by atoms with Gasteiger partial charge in [-0.05, 0) is 37.5 Å². The van der Waals surface area contributed by atoms with Gasteiger partial charge in [-0.1, -0.05) is 31.4 Å². The summed E-state index contributed by atoms with van der Waals surface area (Å²) in [6.07, 6.45) is 4.86. The van der Waals surface area contributed by atoms with E-state index in [0.717, 1.165) is 43.4 Å². The molecule has 1 amide bonds. The number of carbonyl (C=O) groups is 1. The molecule has 1 aliphatic rings. The van der Waals surface area contributed by atoms with Crippen LogP contribution in [0.1, 0.15) is 44.6 Å². The molecule has 116 valence electrons. The molecule has 2 unspecified atom stereocenters. The fraction of sp³-hybridized carbons (Fsp3) is 0.588. The van der Waals surface area contributed by atoms with E-state index in [1.54, 1.807) is 0 Å². The Labute approximate surface area is 126 Å². The maximum absolute atomic E-state index is 12.1. The second-order valence-corrected chi connectivity index (χ2v) is 5.63. The Bertz CT molecular complexity index is 444. The Balaban J connectivity index is 1.85. The van der Waals surface area contributed by atoms with E-state index in [9.17, 15) is 9.90 Å². The van der Waals surface area contributed by atoms with E-state index < -0.39 is 6.10 Å². The third-order valence-electron chi connectivity index (χ3n) is 3.92. The summed E-state index contributed by atoms with van der Waals surface area (Å²) in [6.45, 7) is 2.58. The number of carbonyl (C=O) groups excluding carboxylic acids is 1. The summed E-state index contributed by atoms with van der Waals surface area (Å²) < 4.78 is 5.38. The summed E-state index contributed by atoms with van der Waals surface area (Å²) in [5.41, 5.74) is 0.957. The lowest BCUT2D eigenvalue weighted by Gasteiger charge is -2.21. The third-order valence-corrected chi connectivity index (χ3v) is 3.92. The number of aliphatic hydroxyl groups excluding tert-OH is 1. The van der Waals surface area contributed by atoms with Crippen LogP contribution in [-0.2, 0) is 11.2 Å². The Hall–Kier alpha value is -1.55. The van der Waals surface area contributed by atoms with Gasteiger partial charge in [-0.15, -0.1) is 0 Å². The summed E-state index contributed by atoms with van der Waals surface area (Å²) in [4.78, 5) is 12.1. The van der Waals surface area contributed by atoms with Crippen molar-refractivity contribution in [2.45, 2.75) is 57.6 Å². The molecule has 1 aliphatic carbocycles. The SMILES string of the molecule is CCOc1ccc(CC(=O)NC2CCCCCC2O)cc1. The van der Waals surface area contributed by atoms with Gasteiger partial charge in [0.2, 0.25) is 5.91 Å². The molecule has 0 bridgehead atoms. The van der Waals surface area contributed by atoms with E-state index in [4.69, 9.17) is 4.74 Å². The van der Waals surface area contributed by atoms with Gasteiger partial charge in [0.25, 0.3) is 0 Å². The van der Waals surface area contributed by atoms with Crippen molar-refractivity contribution in [1.82, 2.24) is 5.32 Å². The molecule has 2 rings (SSSR count). The van der Waals surface area contributed by atoms with Crippen molar-refractivity contribution in [3.63, 3.8) is 0 Å². The molecule has 0 spiro atoms. The number of hydrogen-bond acceptors (Lipinski definition) is 3. The lowest BCUT2D eigenvalue weighted by Crippen LogP contribution is -2.43. The molecule has 1 aromatic rings. The van der Waals surface area contributed by atoms with Crippen molar-refractivity contribution in [2.24, 2.45) is 0 Å². The first-order chi connectivity index (χ1) is 10.2. The van der Waals surface area contributed by atoms with Gasteiger partial charge in [-0.2, -0.15) is 0 Å². The average molecular weight is 291 g/mol. The number of benzene rings is 1. The number of rotatable bonds is 5. The fourth-order valence-corrected chi connectivity index (χ4v) is 2.77. The lowest BCUT2D eigenvalue weighted by molar-refractivity contribution is -0.122. The van der Waals surface area contributed by atoms with Crippen molar-refractivity contribution in [3.05, 3.63) is 29.8 Å². The quantitative estimate of drug-likeness (QED) is 0.819. The van der Waals surface area contributed by atoms with Crippen molar-refractivity contribution in [3.8, 4) is 5.75 Å². The first-order valence-corrected chi connectivity index (χ1v) is 7.88. The largest absolute Gasteiger partial charge is 0.494 e. The van der Waals surface area contributed by atoms with E-state index >= 15 is 0 Å². The van der Waals surface area contributed by atoms with Crippen LogP contribution in [0.25, 0.3) is 0 Å². The normalized spacial score (nSPS) is 22.4. The fourth-order valence-electron chi connectivity index (χ4n) is 2.77.